The van der Waals surface area contributed by atoms with Gasteiger partial charge in [-0.25, -0.2) is 4.98 Å². The molecule has 0 saturated heterocycles. The van der Waals surface area contributed by atoms with Crippen molar-refractivity contribution in [3.63, 3.8) is 0 Å². The molecule has 5 heteroatoms. The summed E-state index contributed by atoms with van der Waals surface area (Å²) in [5.41, 5.74) is -0.142. The summed E-state index contributed by atoms with van der Waals surface area (Å²) < 4.78 is 1.63. The first-order chi connectivity index (χ1) is 7.50. The number of aliphatic hydroxyl groups excluding tert-OH is 1. The third kappa shape index (κ3) is 3.66. The highest BCUT2D eigenvalue weighted by atomic mass is 16.3. The Balaban J connectivity index is 2.82. The van der Waals surface area contributed by atoms with Gasteiger partial charge in [0.25, 0.3) is 5.56 Å². The molecule has 0 aromatic carbocycles. The Bertz CT molecular complexity index is 385. The average molecular weight is 225 g/mol. The molecule has 1 rings (SSSR count). The molecule has 0 saturated carbocycles. The third-order valence-corrected chi connectivity index (χ3v) is 2.04. The number of hydrogen-bond donors (Lipinski definition) is 2. The van der Waals surface area contributed by atoms with Gasteiger partial charge in [0, 0.05) is 25.5 Å². The molecule has 0 fully saturated rings. The van der Waals surface area contributed by atoms with E-state index in [0.717, 1.165) is 0 Å². The van der Waals surface area contributed by atoms with E-state index in [4.69, 9.17) is 5.11 Å². The van der Waals surface area contributed by atoms with Gasteiger partial charge in [-0.3, -0.25) is 4.79 Å². The normalized spacial score (nSPS) is 12.8. The molecule has 5 nitrogen and oxygen atoms in total. The van der Waals surface area contributed by atoms with Gasteiger partial charge in [0.2, 0.25) is 0 Å². The van der Waals surface area contributed by atoms with Crippen LogP contribution in [0.5, 0.6) is 0 Å². The minimum atomic E-state index is -0.500. The summed E-state index contributed by atoms with van der Waals surface area (Å²) in [6, 6.07) is 0. The summed E-state index contributed by atoms with van der Waals surface area (Å²) >= 11 is 0. The van der Waals surface area contributed by atoms with Gasteiger partial charge in [0.15, 0.2) is 5.82 Å². The van der Waals surface area contributed by atoms with Crippen molar-refractivity contribution in [2.75, 3.05) is 11.9 Å². The molecule has 0 aliphatic rings. The lowest BCUT2D eigenvalue weighted by molar-refractivity contribution is 0.208. The second-order valence-corrected chi connectivity index (χ2v) is 4.36. The van der Waals surface area contributed by atoms with Crippen LogP contribution in [-0.4, -0.2) is 27.3 Å². The first-order valence-electron chi connectivity index (χ1n) is 5.48. The van der Waals surface area contributed by atoms with E-state index in [2.05, 4.69) is 24.1 Å². The van der Waals surface area contributed by atoms with Crippen molar-refractivity contribution < 1.29 is 5.11 Å². The number of hydrogen-bond acceptors (Lipinski definition) is 4. The Morgan fingerprint density at radius 1 is 1.50 bits per heavy atom. The van der Waals surface area contributed by atoms with E-state index in [1.807, 2.05) is 0 Å². The maximum Gasteiger partial charge on any atom is 0.293 e. The van der Waals surface area contributed by atoms with Crippen LogP contribution in [0.1, 0.15) is 20.8 Å². The highest BCUT2D eigenvalue weighted by Gasteiger charge is 2.06. The zero-order chi connectivity index (χ0) is 12.1. The van der Waals surface area contributed by atoms with Gasteiger partial charge in [0.1, 0.15) is 0 Å². The predicted octanol–water partition coefficient (Wildman–Crippen LogP) is 0.692. The topological polar surface area (TPSA) is 67.2 Å². The van der Waals surface area contributed by atoms with Gasteiger partial charge in [0.05, 0.1) is 6.10 Å². The van der Waals surface area contributed by atoms with Crippen molar-refractivity contribution in [2.24, 2.45) is 5.92 Å². The van der Waals surface area contributed by atoms with Gasteiger partial charge >= 0.3 is 0 Å². The van der Waals surface area contributed by atoms with Crippen LogP contribution in [0.3, 0.4) is 0 Å². The fourth-order valence-electron chi connectivity index (χ4n) is 1.35. The molecule has 90 valence electrons. The summed E-state index contributed by atoms with van der Waals surface area (Å²) in [4.78, 5) is 15.8. The van der Waals surface area contributed by atoms with Crippen LogP contribution in [-0.2, 0) is 6.54 Å². The van der Waals surface area contributed by atoms with Crippen LogP contribution in [0.15, 0.2) is 17.2 Å². The largest absolute Gasteiger partial charge is 0.392 e. The van der Waals surface area contributed by atoms with Gasteiger partial charge in [-0.1, -0.05) is 13.8 Å². The molecule has 1 atom stereocenters. The van der Waals surface area contributed by atoms with Crippen molar-refractivity contribution in [3.8, 4) is 0 Å². The van der Waals surface area contributed by atoms with E-state index in [1.165, 1.54) is 0 Å². The van der Waals surface area contributed by atoms with E-state index >= 15 is 0 Å². The lowest BCUT2D eigenvalue weighted by Gasteiger charge is -2.11. The molecule has 1 unspecified atom stereocenters. The molecular weight excluding hydrogens is 206 g/mol. The highest BCUT2D eigenvalue weighted by Crippen LogP contribution is 1.98. The number of aromatic nitrogens is 2. The van der Waals surface area contributed by atoms with E-state index < -0.39 is 6.10 Å². The van der Waals surface area contributed by atoms with Gasteiger partial charge in [-0.15, -0.1) is 0 Å². The highest BCUT2D eigenvalue weighted by molar-refractivity contribution is 5.30. The standard InChI is InChI=1S/C11H19N3O2/c1-8(2)7-14-5-4-12-10(11(14)16)13-6-9(3)15/h4-5,8-9,15H,6-7H2,1-3H3,(H,12,13). The quantitative estimate of drug-likeness (QED) is 0.773. The van der Waals surface area contributed by atoms with Crippen LogP contribution >= 0.6 is 0 Å². The molecule has 0 aliphatic heterocycles. The molecule has 0 aliphatic carbocycles. The first kappa shape index (κ1) is 12.7. The molecule has 16 heavy (non-hydrogen) atoms. The van der Waals surface area contributed by atoms with E-state index in [-0.39, 0.29) is 5.56 Å². The Hall–Kier alpha value is -1.36. The molecule has 0 bridgehead atoms. The summed E-state index contributed by atoms with van der Waals surface area (Å²) in [7, 11) is 0. The monoisotopic (exact) mass is 225 g/mol. The van der Waals surface area contributed by atoms with E-state index in [9.17, 15) is 4.79 Å². The number of nitrogens with zero attached hydrogens (tertiary/aromatic N) is 2. The van der Waals surface area contributed by atoms with E-state index in [0.29, 0.717) is 24.8 Å². The second-order valence-electron chi connectivity index (χ2n) is 4.36. The van der Waals surface area contributed by atoms with Gasteiger partial charge in [-0.05, 0) is 12.8 Å². The fourth-order valence-corrected chi connectivity index (χ4v) is 1.35. The number of rotatable bonds is 5. The van der Waals surface area contributed by atoms with Crippen LogP contribution in [0.2, 0.25) is 0 Å². The van der Waals surface area contributed by atoms with Crippen molar-refractivity contribution >= 4 is 5.82 Å². The molecule has 1 aromatic rings. The molecular formula is C11H19N3O2. The first-order valence-corrected chi connectivity index (χ1v) is 5.48. The lowest BCUT2D eigenvalue weighted by Crippen LogP contribution is -2.28. The molecule has 0 amide bonds. The zero-order valence-corrected chi connectivity index (χ0v) is 9.97. The Morgan fingerprint density at radius 3 is 2.75 bits per heavy atom. The molecule has 1 heterocycles. The maximum absolute atomic E-state index is 11.9. The smallest absolute Gasteiger partial charge is 0.293 e. The Morgan fingerprint density at radius 2 is 2.19 bits per heavy atom. The summed E-state index contributed by atoms with van der Waals surface area (Å²) in [5.74, 6) is 0.703. The Labute approximate surface area is 95.1 Å². The summed E-state index contributed by atoms with van der Waals surface area (Å²) in [6.07, 6.45) is 2.77. The molecule has 1 aromatic heterocycles. The second kappa shape index (κ2) is 5.65. The fraction of sp³-hybridized carbons (Fsp3) is 0.636. The van der Waals surface area contributed by atoms with Crippen molar-refractivity contribution in [1.82, 2.24) is 9.55 Å². The van der Waals surface area contributed by atoms with Crippen LogP contribution < -0.4 is 10.9 Å². The summed E-state index contributed by atoms with van der Waals surface area (Å²) in [6.45, 7) is 6.76. The third-order valence-electron chi connectivity index (χ3n) is 2.04. The van der Waals surface area contributed by atoms with Gasteiger partial charge < -0.3 is 15.0 Å². The van der Waals surface area contributed by atoms with Crippen molar-refractivity contribution in [1.29, 1.82) is 0 Å². The maximum atomic E-state index is 11.9. The minimum absolute atomic E-state index is 0.142. The predicted molar refractivity (Wildman–Crippen MR) is 63.5 cm³/mol. The number of anilines is 1. The molecule has 0 radical (unpaired) electrons. The van der Waals surface area contributed by atoms with Crippen LogP contribution in [0, 0.1) is 5.92 Å². The van der Waals surface area contributed by atoms with Crippen LogP contribution in [0.25, 0.3) is 0 Å². The van der Waals surface area contributed by atoms with Crippen LogP contribution in [0.4, 0.5) is 5.82 Å². The average Bonchev–Trinajstić information content (AvgIpc) is 2.18. The van der Waals surface area contributed by atoms with Gasteiger partial charge in [-0.2, -0.15) is 0 Å². The SMILES string of the molecule is CC(C)Cn1ccnc(NCC(C)O)c1=O. The zero-order valence-electron chi connectivity index (χ0n) is 9.97. The molecule has 0 spiro atoms. The summed E-state index contributed by atoms with van der Waals surface area (Å²) in [5, 5.41) is 12.0. The minimum Gasteiger partial charge on any atom is -0.392 e. The number of aliphatic hydroxyl groups is 1. The number of nitrogens with one attached hydrogen (secondary N) is 1. The van der Waals surface area contributed by atoms with Crippen molar-refractivity contribution in [3.05, 3.63) is 22.7 Å². The van der Waals surface area contributed by atoms with Crippen molar-refractivity contribution in [2.45, 2.75) is 33.4 Å². The Kier molecular flexibility index (Phi) is 4.49. The molecule has 2 N–H and O–H groups in total. The van der Waals surface area contributed by atoms with E-state index in [1.54, 1.807) is 23.9 Å². The lowest BCUT2D eigenvalue weighted by atomic mass is 10.2.